The van der Waals surface area contributed by atoms with E-state index in [1.54, 1.807) is 6.07 Å². The molecule has 1 aliphatic rings. The minimum Gasteiger partial charge on any atom is -0.504 e. The van der Waals surface area contributed by atoms with Gasteiger partial charge in [-0.2, -0.15) is 0 Å². The second-order valence-electron chi connectivity index (χ2n) is 4.70. The molecule has 1 fully saturated rings. The molecule has 0 spiro atoms. The van der Waals surface area contributed by atoms with Crippen molar-refractivity contribution < 1.29 is 19.7 Å². The minimum absolute atomic E-state index is 0.0176. The van der Waals surface area contributed by atoms with Gasteiger partial charge in [0.15, 0.2) is 11.5 Å². The first-order valence-corrected chi connectivity index (χ1v) is 6.35. The van der Waals surface area contributed by atoms with Crippen LogP contribution in [0.3, 0.4) is 0 Å². The van der Waals surface area contributed by atoms with E-state index in [1.165, 1.54) is 7.11 Å². The van der Waals surface area contributed by atoms with Gasteiger partial charge < -0.3 is 20.3 Å². The Balaban J connectivity index is 2.38. The van der Waals surface area contributed by atoms with Crippen LogP contribution in [0.4, 0.5) is 0 Å². The lowest BCUT2D eigenvalue weighted by Gasteiger charge is -2.18. The molecule has 1 aliphatic heterocycles. The normalized spacial score (nSPS) is 22.5. The highest BCUT2D eigenvalue weighted by atomic mass is 35.5. The molecule has 0 aliphatic carbocycles. The molecule has 1 saturated heterocycles. The van der Waals surface area contributed by atoms with E-state index in [0.29, 0.717) is 23.6 Å². The van der Waals surface area contributed by atoms with Crippen molar-refractivity contribution in [3.8, 4) is 11.5 Å². The maximum Gasteiger partial charge on any atom is 0.307 e. The first kappa shape index (κ1) is 14.0. The van der Waals surface area contributed by atoms with Gasteiger partial charge in [-0.25, -0.2) is 0 Å². The van der Waals surface area contributed by atoms with Crippen LogP contribution in [-0.2, 0) is 4.79 Å². The van der Waals surface area contributed by atoms with Crippen molar-refractivity contribution in [3.05, 3.63) is 22.2 Å². The Kier molecular flexibility index (Phi) is 3.87. The van der Waals surface area contributed by atoms with Gasteiger partial charge in [0, 0.05) is 18.2 Å². The largest absolute Gasteiger partial charge is 0.504 e. The van der Waals surface area contributed by atoms with Gasteiger partial charge in [-0.3, -0.25) is 4.79 Å². The van der Waals surface area contributed by atoms with Crippen molar-refractivity contribution in [2.75, 3.05) is 13.7 Å². The number of carboxylic acid groups (broad SMARTS) is 1. The van der Waals surface area contributed by atoms with E-state index in [0.717, 1.165) is 5.56 Å². The third kappa shape index (κ3) is 2.48. The maximum absolute atomic E-state index is 11.0. The number of halogens is 1. The van der Waals surface area contributed by atoms with Gasteiger partial charge in [0.2, 0.25) is 0 Å². The predicted octanol–water partition coefficient (Wildman–Crippen LogP) is 2.10. The minimum atomic E-state index is -0.826. The standard InChI is InChI=1S/C13H16ClNO4/c1-6-3-8(14)12(19-2)11(16)10(6)9-4-7(5-15-9)13(17)18/h3,7,9,15-16H,4-5H2,1-2H3,(H,17,18). The van der Waals surface area contributed by atoms with Crippen LogP contribution in [0.15, 0.2) is 6.07 Å². The summed E-state index contributed by atoms with van der Waals surface area (Å²) in [6.07, 6.45) is 0.439. The molecule has 2 rings (SSSR count). The highest BCUT2D eigenvalue weighted by Gasteiger charge is 2.33. The molecule has 5 nitrogen and oxygen atoms in total. The van der Waals surface area contributed by atoms with E-state index in [1.807, 2.05) is 6.92 Å². The summed E-state index contributed by atoms with van der Waals surface area (Å²) < 4.78 is 5.08. The molecule has 0 bridgehead atoms. The fraction of sp³-hybridized carbons (Fsp3) is 0.462. The Bertz CT molecular complexity index is 518. The zero-order valence-electron chi connectivity index (χ0n) is 10.7. The lowest BCUT2D eigenvalue weighted by Crippen LogP contribution is -2.17. The number of carboxylic acids is 1. The summed E-state index contributed by atoms with van der Waals surface area (Å²) in [6, 6.07) is 1.51. The summed E-state index contributed by atoms with van der Waals surface area (Å²) in [7, 11) is 1.43. The first-order chi connectivity index (χ1) is 8.95. The lowest BCUT2D eigenvalue weighted by molar-refractivity contribution is -0.141. The molecule has 6 heteroatoms. The maximum atomic E-state index is 11.0. The molecule has 104 valence electrons. The third-order valence-electron chi connectivity index (χ3n) is 3.49. The number of hydrogen-bond acceptors (Lipinski definition) is 4. The first-order valence-electron chi connectivity index (χ1n) is 5.97. The van der Waals surface area contributed by atoms with E-state index < -0.39 is 11.9 Å². The Morgan fingerprint density at radius 3 is 2.79 bits per heavy atom. The van der Waals surface area contributed by atoms with Gasteiger partial charge >= 0.3 is 5.97 Å². The monoisotopic (exact) mass is 285 g/mol. The number of carbonyl (C=O) groups is 1. The molecule has 2 unspecified atom stereocenters. The summed E-state index contributed by atoms with van der Waals surface area (Å²) in [6.45, 7) is 2.22. The predicted molar refractivity (Wildman–Crippen MR) is 70.9 cm³/mol. The highest BCUT2D eigenvalue weighted by molar-refractivity contribution is 6.32. The SMILES string of the molecule is COc1c(Cl)cc(C)c(C2CC(C(=O)O)CN2)c1O. The van der Waals surface area contributed by atoms with Gasteiger partial charge in [-0.15, -0.1) is 0 Å². The van der Waals surface area contributed by atoms with Gasteiger partial charge in [-0.05, 0) is 25.0 Å². The summed E-state index contributed by atoms with van der Waals surface area (Å²) in [5.41, 5.74) is 1.47. The molecule has 0 radical (unpaired) electrons. The van der Waals surface area contributed by atoms with Crippen molar-refractivity contribution in [2.24, 2.45) is 5.92 Å². The second-order valence-corrected chi connectivity index (χ2v) is 5.11. The quantitative estimate of drug-likeness (QED) is 0.793. The zero-order valence-corrected chi connectivity index (χ0v) is 11.5. The van der Waals surface area contributed by atoms with E-state index in [2.05, 4.69) is 5.32 Å². The van der Waals surface area contributed by atoms with Crippen LogP contribution in [0, 0.1) is 12.8 Å². The van der Waals surface area contributed by atoms with Crippen LogP contribution in [0.5, 0.6) is 11.5 Å². The zero-order chi connectivity index (χ0) is 14.2. The number of nitrogens with one attached hydrogen (secondary N) is 1. The number of phenolic OH excluding ortho intramolecular Hbond substituents is 1. The van der Waals surface area contributed by atoms with Crippen molar-refractivity contribution in [1.29, 1.82) is 0 Å². The third-order valence-corrected chi connectivity index (χ3v) is 3.77. The number of aromatic hydroxyl groups is 1. The van der Waals surface area contributed by atoms with E-state index in [4.69, 9.17) is 21.4 Å². The summed E-state index contributed by atoms with van der Waals surface area (Å²) >= 11 is 5.99. The number of phenols is 1. The van der Waals surface area contributed by atoms with Crippen molar-refractivity contribution in [1.82, 2.24) is 5.32 Å². The van der Waals surface area contributed by atoms with Crippen LogP contribution in [-0.4, -0.2) is 29.8 Å². The van der Waals surface area contributed by atoms with Crippen LogP contribution in [0.1, 0.15) is 23.6 Å². The van der Waals surface area contributed by atoms with Crippen LogP contribution in [0.25, 0.3) is 0 Å². The number of aliphatic carboxylic acids is 1. The summed E-state index contributed by atoms with van der Waals surface area (Å²) in [5, 5.41) is 22.7. The van der Waals surface area contributed by atoms with Gasteiger partial charge in [0.05, 0.1) is 18.1 Å². The average molecular weight is 286 g/mol. The molecule has 1 aromatic rings. The molecular weight excluding hydrogens is 270 g/mol. The Morgan fingerprint density at radius 2 is 2.26 bits per heavy atom. The smallest absolute Gasteiger partial charge is 0.307 e. The fourth-order valence-electron chi connectivity index (χ4n) is 2.53. The second kappa shape index (κ2) is 5.27. The average Bonchev–Trinajstić information content (AvgIpc) is 2.78. The molecule has 0 saturated carbocycles. The van der Waals surface area contributed by atoms with Crippen molar-refractivity contribution in [2.45, 2.75) is 19.4 Å². The van der Waals surface area contributed by atoms with Crippen LogP contribution < -0.4 is 10.1 Å². The van der Waals surface area contributed by atoms with Crippen molar-refractivity contribution >= 4 is 17.6 Å². The molecule has 0 aromatic heterocycles. The summed E-state index contributed by atoms with van der Waals surface area (Å²) in [5.74, 6) is -1.06. The van der Waals surface area contributed by atoms with E-state index in [9.17, 15) is 9.90 Å². The Hall–Kier alpha value is -1.46. The Labute approximate surface area is 116 Å². The van der Waals surface area contributed by atoms with Crippen LogP contribution in [0.2, 0.25) is 5.02 Å². The van der Waals surface area contributed by atoms with E-state index in [-0.39, 0.29) is 17.5 Å². The molecule has 1 aromatic carbocycles. The highest BCUT2D eigenvalue weighted by Crippen LogP contribution is 2.44. The number of benzene rings is 1. The molecule has 19 heavy (non-hydrogen) atoms. The number of hydrogen-bond donors (Lipinski definition) is 3. The Morgan fingerprint density at radius 1 is 1.58 bits per heavy atom. The summed E-state index contributed by atoms with van der Waals surface area (Å²) in [4.78, 5) is 11.0. The van der Waals surface area contributed by atoms with Crippen LogP contribution >= 0.6 is 11.6 Å². The van der Waals surface area contributed by atoms with Crippen molar-refractivity contribution in [3.63, 3.8) is 0 Å². The number of ether oxygens (including phenoxy) is 1. The van der Waals surface area contributed by atoms with E-state index >= 15 is 0 Å². The van der Waals surface area contributed by atoms with Gasteiger partial charge in [-0.1, -0.05) is 11.6 Å². The molecule has 3 N–H and O–H groups in total. The fourth-order valence-corrected chi connectivity index (χ4v) is 2.86. The van der Waals surface area contributed by atoms with Gasteiger partial charge in [0.1, 0.15) is 0 Å². The molecule has 0 amide bonds. The number of aryl methyl sites for hydroxylation is 1. The molecule has 2 atom stereocenters. The topological polar surface area (TPSA) is 78.8 Å². The number of methoxy groups -OCH3 is 1. The lowest BCUT2D eigenvalue weighted by atomic mass is 9.95. The van der Waals surface area contributed by atoms with Gasteiger partial charge in [0.25, 0.3) is 0 Å². The molecular formula is C13H16ClNO4. The molecule has 1 heterocycles. The number of rotatable bonds is 3.